The lowest BCUT2D eigenvalue weighted by atomic mass is 10.1. The molecule has 0 spiro atoms. The van der Waals surface area contributed by atoms with Crippen molar-refractivity contribution in [2.75, 3.05) is 0 Å². The van der Waals surface area contributed by atoms with Crippen LogP contribution in [0.15, 0.2) is 54.6 Å². The zero-order valence-corrected chi connectivity index (χ0v) is 14.7. The first kappa shape index (κ1) is 18.2. The van der Waals surface area contributed by atoms with E-state index < -0.39 is 10.7 Å². The molecule has 2 aromatic carbocycles. The van der Waals surface area contributed by atoms with Crippen LogP contribution in [-0.4, -0.2) is 26.7 Å². The van der Waals surface area contributed by atoms with Crippen LogP contribution in [0, 0.1) is 15.9 Å². The third kappa shape index (κ3) is 4.00. The number of nitrogens with one attached hydrogen (secondary N) is 1. The Kier molecular flexibility index (Phi) is 4.98. The van der Waals surface area contributed by atoms with Gasteiger partial charge in [0, 0.05) is 23.7 Å². The fraction of sp³-hybridized carbons (Fsp3) is 0.158. The molecular formula is C19H17FN4O3. The average Bonchev–Trinajstić information content (AvgIpc) is 3.07. The van der Waals surface area contributed by atoms with E-state index in [0.717, 1.165) is 0 Å². The number of nitro benzene ring substituents is 1. The maximum Gasteiger partial charge on any atom is 0.270 e. The molecule has 0 aliphatic carbocycles. The molecular weight excluding hydrogens is 351 g/mol. The van der Waals surface area contributed by atoms with Crippen molar-refractivity contribution < 1.29 is 14.1 Å². The number of rotatable bonds is 5. The van der Waals surface area contributed by atoms with Crippen molar-refractivity contribution in [1.29, 1.82) is 0 Å². The number of amides is 1. The summed E-state index contributed by atoms with van der Waals surface area (Å²) in [6.45, 7) is 3.68. The van der Waals surface area contributed by atoms with Crippen molar-refractivity contribution in [2.24, 2.45) is 0 Å². The van der Waals surface area contributed by atoms with E-state index in [-0.39, 0.29) is 23.3 Å². The Hall–Kier alpha value is -3.55. The second kappa shape index (κ2) is 7.36. The summed E-state index contributed by atoms with van der Waals surface area (Å²) < 4.78 is 14.7. The van der Waals surface area contributed by atoms with E-state index in [4.69, 9.17) is 0 Å². The molecule has 27 heavy (non-hydrogen) atoms. The Balaban J connectivity index is 2.06. The van der Waals surface area contributed by atoms with Crippen LogP contribution >= 0.6 is 0 Å². The lowest BCUT2D eigenvalue weighted by Gasteiger charge is -2.10. The van der Waals surface area contributed by atoms with Crippen LogP contribution in [-0.2, 0) is 0 Å². The molecule has 0 unspecified atom stereocenters. The smallest absolute Gasteiger partial charge is 0.270 e. The fourth-order valence-electron chi connectivity index (χ4n) is 2.55. The van der Waals surface area contributed by atoms with Crippen LogP contribution in [0.4, 0.5) is 10.1 Å². The molecule has 0 radical (unpaired) electrons. The van der Waals surface area contributed by atoms with Gasteiger partial charge in [0.25, 0.3) is 11.6 Å². The number of carbonyl (C=O) groups excluding carboxylic acids is 1. The number of non-ortho nitro benzene ring substituents is 1. The maximum absolute atomic E-state index is 13.2. The molecule has 3 rings (SSSR count). The standard InChI is InChI=1S/C19H17FN4O3/c1-12(2)21-19(25)18-11-17(13-3-7-16(8-4-13)24(26)27)22-23(18)15-9-5-14(20)6-10-15/h3-12H,1-2H3,(H,21,25). The highest BCUT2D eigenvalue weighted by molar-refractivity contribution is 5.94. The Bertz CT molecular complexity index is 979. The summed E-state index contributed by atoms with van der Waals surface area (Å²) >= 11 is 0. The number of halogens is 1. The van der Waals surface area contributed by atoms with Crippen molar-refractivity contribution in [1.82, 2.24) is 15.1 Å². The molecule has 138 valence electrons. The van der Waals surface area contributed by atoms with Crippen LogP contribution < -0.4 is 5.32 Å². The van der Waals surface area contributed by atoms with Crippen LogP contribution in [0.2, 0.25) is 0 Å². The second-order valence-corrected chi connectivity index (χ2v) is 6.24. The number of hydrogen-bond donors (Lipinski definition) is 1. The van der Waals surface area contributed by atoms with E-state index in [1.54, 1.807) is 18.2 Å². The summed E-state index contributed by atoms with van der Waals surface area (Å²) in [5.41, 5.74) is 1.87. The lowest BCUT2D eigenvalue weighted by molar-refractivity contribution is -0.384. The van der Waals surface area contributed by atoms with Gasteiger partial charge >= 0.3 is 0 Å². The summed E-state index contributed by atoms with van der Waals surface area (Å²) in [5, 5.41) is 18.1. The predicted molar refractivity (Wildman–Crippen MR) is 98.2 cm³/mol. The molecule has 0 atom stereocenters. The first-order valence-electron chi connectivity index (χ1n) is 8.27. The van der Waals surface area contributed by atoms with Gasteiger partial charge in [0.05, 0.1) is 16.3 Å². The van der Waals surface area contributed by atoms with Gasteiger partial charge in [-0.25, -0.2) is 9.07 Å². The molecule has 0 saturated carbocycles. The quantitative estimate of drug-likeness (QED) is 0.549. The molecule has 1 N–H and O–H groups in total. The Labute approximate surface area is 154 Å². The van der Waals surface area contributed by atoms with E-state index in [2.05, 4.69) is 10.4 Å². The molecule has 0 fully saturated rings. The van der Waals surface area contributed by atoms with Gasteiger partial charge < -0.3 is 5.32 Å². The van der Waals surface area contributed by atoms with Crippen molar-refractivity contribution in [3.8, 4) is 16.9 Å². The minimum Gasteiger partial charge on any atom is -0.349 e. The minimum absolute atomic E-state index is 0.0329. The number of aromatic nitrogens is 2. The molecule has 0 aliphatic heterocycles. The Morgan fingerprint density at radius 2 is 1.78 bits per heavy atom. The number of nitro groups is 1. The third-order valence-corrected chi connectivity index (χ3v) is 3.81. The van der Waals surface area contributed by atoms with E-state index >= 15 is 0 Å². The van der Waals surface area contributed by atoms with Crippen molar-refractivity contribution in [3.05, 3.63) is 76.2 Å². The SMILES string of the molecule is CC(C)NC(=O)c1cc(-c2ccc([N+](=O)[O-])cc2)nn1-c1ccc(F)cc1. The molecule has 0 bridgehead atoms. The van der Waals surface area contributed by atoms with Crippen LogP contribution in [0.1, 0.15) is 24.3 Å². The highest BCUT2D eigenvalue weighted by atomic mass is 19.1. The van der Waals surface area contributed by atoms with E-state index in [1.807, 2.05) is 13.8 Å². The fourth-order valence-corrected chi connectivity index (χ4v) is 2.55. The summed E-state index contributed by atoms with van der Waals surface area (Å²) in [5.74, 6) is -0.718. The lowest BCUT2D eigenvalue weighted by Crippen LogP contribution is -2.31. The van der Waals surface area contributed by atoms with Crippen molar-refractivity contribution in [2.45, 2.75) is 19.9 Å². The first-order valence-corrected chi connectivity index (χ1v) is 8.27. The molecule has 8 heteroatoms. The summed E-state index contributed by atoms with van der Waals surface area (Å²) in [6.07, 6.45) is 0. The molecule has 1 heterocycles. The van der Waals surface area contributed by atoms with Gasteiger partial charge in [0.2, 0.25) is 0 Å². The first-order chi connectivity index (χ1) is 12.8. The molecule has 0 aliphatic rings. The Morgan fingerprint density at radius 3 is 2.33 bits per heavy atom. The topological polar surface area (TPSA) is 90.1 Å². The zero-order valence-electron chi connectivity index (χ0n) is 14.7. The van der Waals surface area contributed by atoms with Crippen LogP contribution in [0.3, 0.4) is 0 Å². The summed E-state index contributed by atoms with van der Waals surface area (Å²) in [6, 6.07) is 13.0. The van der Waals surface area contributed by atoms with Crippen molar-refractivity contribution >= 4 is 11.6 Å². The van der Waals surface area contributed by atoms with E-state index in [0.29, 0.717) is 16.9 Å². The Morgan fingerprint density at radius 1 is 1.15 bits per heavy atom. The van der Waals surface area contributed by atoms with Gasteiger partial charge in [-0.15, -0.1) is 0 Å². The molecule has 0 saturated heterocycles. The average molecular weight is 368 g/mol. The highest BCUT2D eigenvalue weighted by Gasteiger charge is 2.18. The van der Waals surface area contributed by atoms with Gasteiger partial charge in [0.15, 0.2) is 0 Å². The molecule has 1 aromatic heterocycles. The largest absolute Gasteiger partial charge is 0.349 e. The van der Waals surface area contributed by atoms with Gasteiger partial charge in [-0.3, -0.25) is 14.9 Å². The number of hydrogen-bond acceptors (Lipinski definition) is 4. The summed E-state index contributed by atoms with van der Waals surface area (Å²) in [4.78, 5) is 22.9. The maximum atomic E-state index is 13.2. The number of carbonyl (C=O) groups is 1. The van der Waals surface area contributed by atoms with Gasteiger partial charge in [-0.05, 0) is 56.3 Å². The molecule has 3 aromatic rings. The van der Waals surface area contributed by atoms with E-state index in [1.165, 1.54) is 41.1 Å². The van der Waals surface area contributed by atoms with Crippen LogP contribution in [0.5, 0.6) is 0 Å². The molecule has 7 nitrogen and oxygen atoms in total. The van der Waals surface area contributed by atoms with E-state index in [9.17, 15) is 19.3 Å². The van der Waals surface area contributed by atoms with Gasteiger partial charge in [0.1, 0.15) is 11.5 Å². The van der Waals surface area contributed by atoms with Crippen molar-refractivity contribution in [3.63, 3.8) is 0 Å². The molecule has 1 amide bonds. The monoisotopic (exact) mass is 368 g/mol. The van der Waals surface area contributed by atoms with Gasteiger partial charge in [-0.1, -0.05) is 0 Å². The third-order valence-electron chi connectivity index (χ3n) is 3.81. The number of benzene rings is 2. The van der Waals surface area contributed by atoms with Gasteiger partial charge in [-0.2, -0.15) is 5.10 Å². The normalized spacial score (nSPS) is 10.8. The minimum atomic E-state index is -0.484. The zero-order chi connectivity index (χ0) is 19.6. The summed E-state index contributed by atoms with van der Waals surface area (Å²) in [7, 11) is 0. The second-order valence-electron chi connectivity index (χ2n) is 6.24. The number of nitrogens with zero attached hydrogens (tertiary/aromatic N) is 3. The highest BCUT2D eigenvalue weighted by Crippen LogP contribution is 2.24. The van der Waals surface area contributed by atoms with Crippen LogP contribution in [0.25, 0.3) is 16.9 Å². The predicted octanol–water partition coefficient (Wildman–Crippen LogP) is 3.72.